The number of nitrogens with one attached hydrogen (secondary N) is 1. The molecule has 0 aromatic heterocycles. The van der Waals surface area contributed by atoms with Gasteiger partial charge < -0.3 is 15.0 Å². The zero-order valence-corrected chi connectivity index (χ0v) is 12.9. The number of nitrogens with zero attached hydrogens (tertiary/aromatic N) is 1. The van der Waals surface area contributed by atoms with E-state index in [0.717, 1.165) is 25.1 Å². The van der Waals surface area contributed by atoms with Crippen molar-refractivity contribution in [2.75, 3.05) is 33.4 Å². The monoisotopic (exact) mass is 268 g/mol. The number of rotatable bonds is 7. The SMILES string of the molecule is COC[C@@H](C)NCCC1CCN(C2CCCC2)CC1. The molecule has 0 radical (unpaired) electrons. The fourth-order valence-corrected chi connectivity index (χ4v) is 3.72. The van der Waals surface area contributed by atoms with Crippen LogP contribution in [0.4, 0.5) is 0 Å². The summed E-state index contributed by atoms with van der Waals surface area (Å²) in [7, 11) is 1.77. The molecule has 112 valence electrons. The molecule has 19 heavy (non-hydrogen) atoms. The smallest absolute Gasteiger partial charge is 0.0613 e. The summed E-state index contributed by atoms with van der Waals surface area (Å²) in [6, 6.07) is 1.42. The molecular formula is C16H32N2O. The lowest BCUT2D eigenvalue weighted by Gasteiger charge is -2.36. The van der Waals surface area contributed by atoms with Crippen molar-refractivity contribution in [2.45, 2.75) is 64.0 Å². The van der Waals surface area contributed by atoms with Gasteiger partial charge in [0.05, 0.1) is 6.61 Å². The topological polar surface area (TPSA) is 24.5 Å². The number of methoxy groups -OCH3 is 1. The average Bonchev–Trinajstić information content (AvgIpc) is 2.94. The van der Waals surface area contributed by atoms with E-state index in [-0.39, 0.29) is 0 Å². The molecule has 1 saturated carbocycles. The lowest BCUT2D eigenvalue weighted by Crippen LogP contribution is -2.41. The first kappa shape index (κ1) is 15.3. The van der Waals surface area contributed by atoms with E-state index in [1.165, 1.54) is 58.0 Å². The summed E-state index contributed by atoms with van der Waals surface area (Å²) >= 11 is 0. The molecule has 2 fully saturated rings. The van der Waals surface area contributed by atoms with Gasteiger partial charge in [-0.1, -0.05) is 12.8 Å². The van der Waals surface area contributed by atoms with E-state index in [1.807, 2.05) is 0 Å². The molecule has 1 aliphatic heterocycles. The van der Waals surface area contributed by atoms with Gasteiger partial charge in [-0.15, -0.1) is 0 Å². The fourth-order valence-electron chi connectivity index (χ4n) is 3.72. The third-order valence-corrected chi connectivity index (χ3v) is 4.95. The van der Waals surface area contributed by atoms with E-state index in [4.69, 9.17) is 4.74 Å². The normalized spacial score (nSPS) is 24.9. The van der Waals surface area contributed by atoms with E-state index < -0.39 is 0 Å². The van der Waals surface area contributed by atoms with Crippen LogP contribution in [0.2, 0.25) is 0 Å². The summed E-state index contributed by atoms with van der Waals surface area (Å²) in [5, 5.41) is 3.56. The van der Waals surface area contributed by atoms with Crippen molar-refractivity contribution in [3.8, 4) is 0 Å². The molecule has 0 spiro atoms. The Morgan fingerprint density at radius 3 is 2.47 bits per heavy atom. The maximum Gasteiger partial charge on any atom is 0.0613 e. The Bertz CT molecular complexity index is 233. The first-order chi connectivity index (χ1) is 9.29. The predicted molar refractivity (Wildman–Crippen MR) is 80.5 cm³/mol. The molecule has 0 aromatic carbocycles. The van der Waals surface area contributed by atoms with Crippen LogP contribution >= 0.6 is 0 Å². The molecule has 0 amide bonds. The Balaban J connectivity index is 1.55. The van der Waals surface area contributed by atoms with E-state index in [0.29, 0.717) is 6.04 Å². The first-order valence-corrected chi connectivity index (χ1v) is 8.26. The molecule has 2 rings (SSSR count). The molecule has 1 aliphatic carbocycles. The highest BCUT2D eigenvalue weighted by atomic mass is 16.5. The van der Waals surface area contributed by atoms with Crippen LogP contribution in [-0.2, 0) is 4.74 Å². The lowest BCUT2D eigenvalue weighted by molar-refractivity contribution is 0.129. The number of hydrogen-bond donors (Lipinski definition) is 1. The Morgan fingerprint density at radius 1 is 1.16 bits per heavy atom. The number of piperidine rings is 1. The molecule has 3 nitrogen and oxygen atoms in total. The zero-order valence-electron chi connectivity index (χ0n) is 12.9. The van der Waals surface area contributed by atoms with Crippen molar-refractivity contribution < 1.29 is 4.74 Å². The van der Waals surface area contributed by atoms with Gasteiger partial charge >= 0.3 is 0 Å². The van der Waals surface area contributed by atoms with Gasteiger partial charge in [0.15, 0.2) is 0 Å². The van der Waals surface area contributed by atoms with Crippen LogP contribution in [0.5, 0.6) is 0 Å². The first-order valence-electron chi connectivity index (χ1n) is 8.26. The van der Waals surface area contributed by atoms with Crippen LogP contribution in [0, 0.1) is 5.92 Å². The summed E-state index contributed by atoms with van der Waals surface area (Å²) in [6.45, 7) is 6.87. The number of hydrogen-bond acceptors (Lipinski definition) is 3. The lowest BCUT2D eigenvalue weighted by atomic mass is 9.92. The number of likely N-dealkylation sites (tertiary alicyclic amines) is 1. The minimum atomic E-state index is 0.489. The van der Waals surface area contributed by atoms with E-state index in [1.54, 1.807) is 7.11 Å². The average molecular weight is 268 g/mol. The van der Waals surface area contributed by atoms with Gasteiger partial charge in [0.2, 0.25) is 0 Å². The minimum Gasteiger partial charge on any atom is -0.383 e. The molecule has 1 saturated heterocycles. The van der Waals surface area contributed by atoms with Crippen LogP contribution in [0.15, 0.2) is 0 Å². The van der Waals surface area contributed by atoms with Gasteiger partial charge in [-0.05, 0) is 64.6 Å². The van der Waals surface area contributed by atoms with Crippen LogP contribution < -0.4 is 5.32 Å². The second kappa shape index (κ2) is 8.23. The van der Waals surface area contributed by atoms with Crippen molar-refractivity contribution in [3.05, 3.63) is 0 Å². The molecule has 0 aromatic rings. The zero-order chi connectivity index (χ0) is 13.5. The van der Waals surface area contributed by atoms with Gasteiger partial charge in [0.25, 0.3) is 0 Å². The van der Waals surface area contributed by atoms with Crippen molar-refractivity contribution >= 4 is 0 Å². The largest absolute Gasteiger partial charge is 0.383 e. The van der Waals surface area contributed by atoms with E-state index >= 15 is 0 Å². The summed E-state index contributed by atoms with van der Waals surface area (Å²) in [5.74, 6) is 0.944. The highest BCUT2D eigenvalue weighted by Crippen LogP contribution is 2.28. The Kier molecular flexibility index (Phi) is 6.62. The molecule has 1 heterocycles. The molecule has 1 N–H and O–H groups in total. The number of ether oxygens (including phenoxy) is 1. The third-order valence-electron chi connectivity index (χ3n) is 4.95. The summed E-state index contributed by atoms with van der Waals surface area (Å²) in [5.41, 5.74) is 0. The standard InChI is InChI=1S/C16H32N2O/c1-14(13-19-2)17-10-7-15-8-11-18(12-9-15)16-5-3-4-6-16/h14-17H,3-13H2,1-2H3/t14-/m1/s1. The Morgan fingerprint density at radius 2 is 1.84 bits per heavy atom. The third kappa shape index (κ3) is 5.05. The fraction of sp³-hybridized carbons (Fsp3) is 1.00. The van der Waals surface area contributed by atoms with E-state index in [9.17, 15) is 0 Å². The molecule has 0 bridgehead atoms. The highest BCUT2D eigenvalue weighted by Gasteiger charge is 2.26. The van der Waals surface area contributed by atoms with Gasteiger partial charge in [-0.2, -0.15) is 0 Å². The van der Waals surface area contributed by atoms with Crippen LogP contribution in [0.25, 0.3) is 0 Å². The highest BCUT2D eigenvalue weighted by molar-refractivity contribution is 4.82. The van der Waals surface area contributed by atoms with Crippen molar-refractivity contribution in [2.24, 2.45) is 5.92 Å². The molecule has 3 heteroatoms. The van der Waals surface area contributed by atoms with Crippen LogP contribution in [0.3, 0.4) is 0 Å². The van der Waals surface area contributed by atoms with Crippen molar-refractivity contribution in [1.29, 1.82) is 0 Å². The van der Waals surface area contributed by atoms with Crippen LogP contribution in [0.1, 0.15) is 51.9 Å². The maximum atomic E-state index is 5.15. The molecular weight excluding hydrogens is 236 g/mol. The second-order valence-corrected chi connectivity index (χ2v) is 6.52. The summed E-state index contributed by atoms with van der Waals surface area (Å²) < 4.78 is 5.15. The summed E-state index contributed by atoms with van der Waals surface area (Å²) in [4.78, 5) is 2.77. The summed E-state index contributed by atoms with van der Waals surface area (Å²) in [6.07, 6.45) is 10.0. The second-order valence-electron chi connectivity index (χ2n) is 6.52. The Hall–Kier alpha value is -0.120. The van der Waals surface area contributed by atoms with Crippen molar-refractivity contribution in [1.82, 2.24) is 10.2 Å². The van der Waals surface area contributed by atoms with E-state index in [2.05, 4.69) is 17.1 Å². The van der Waals surface area contributed by atoms with Gasteiger partial charge in [-0.3, -0.25) is 0 Å². The minimum absolute atomic E-state index is 0.489. The quantitative estimate of drug-likeness (QED) is 0.768. The Labute approximate surface area is 119 Å². The van der Waals surface area contributed by atoms with Gasteiger partial charge in [0.1, 0.15) is 0 Å². The van der Waals surface area contributed by atoms with Crippen molar-refractivity contribution in [3.63, 3.8) is 0 Å². The van der Waals surface area contributed by atoms with Gasteiger partial charge in [-0.25, -0.2) is 0 Å². The molecule has 1 atom stereocenters. The maximum absolute atomic E-state index is 5.15. The van der Waals surface area contributed by atoms with Gasteiger partial charge in [0, 0.05) is 19.2 Å². The molecule has 0 unspecified atom stereocenters. The molecule has 2 aliphatic rings. The van der Waals surface area contributed by atoms with Crippen LogP contribution in [-0.4, -0.2) is 50.3 Å². The predicted octanol–water partition coefficient (Wildman–Crippen LogP) is 2.66.